The number of amidine groups is 1. The van der Waals surface area contributed by atoms with E-state index in [0.717, 1.165) is 5.01 Å². The summed E-state index contributed by atoms with van der Waals surface area (Å²) in [6, 6.07) is 21.0. The van der Waals surface area contributed by atoms with E-state index < -0.39 is 23.9 Å². The number of halogens is 1. The van der Waals surface area contributed by atoms with Gasteiger partial charge in [0.25, 0.3) is 11.8 Å². The van der Waals surface area contributed by atoms with Gasteiger partial charge in [-0.1, -0.05) is 41.9 Å². The summed E-state index contributed by atoms with van der Waals surface area (Å²) in [6.07, 6.45) is 0. The molecule has 0 aliphatic carbocycles. The smallest absolute Gasteiger partial charge is 0.323 e. The van der Waals surface area contributed by atoms with Crippen LogP contribution in [-0.4, -0.2) is 41.9 Å². The van der Waals surface area contributed by atoms with E-state index in [4.69, 9.17) is 21.1 Å². The second-order valence-electron chi connectivity index (χ2n) is 7.61. The van der Waals surface area contributed by atoms with Crippen LogP contribution in [-0.2, 0) is 9.53 Å². The average molecular weight is 475 g/mol. The third-order valence-corrected chi connectivity index (χ3v) is 5.72. The second-order valence-corrected chi connectivity index (χ2v) is 8.05. The molecule has 0 spiro atoms. The maximum absolute atomic E-state index is 13.5. The molecule has 1 N–H and O–H groups in total. The number of benzene rings is 3. The van der Waals surface area contributed by atoms with Gasteiger partial charge in [0.2, 0.25) is 5.90 Å². The van der Waals surface area contributed by atoms with E-state index in [1.54, 1.807) is 79.9 Å². The zero-order chi connectivity index (χ0) is 23.7. The number of carbonyl (C=O) groups is 2. The zero-order valence-corrected chi connectivity index (χ0v) is 18.8. The molecular weight excluding hydrogens is 456 g/mol. The number of ether oxygens (including phenoxy) is 2. The third kappa shape index (κ3) is 4.11. The van der Waals surface area contributed by atoms with E-state index >= 15 is 0 Å². The number of fused-ring (bicyclic) bond motifs is 1. The van der Waals surface area contributed by atoms with Crippen LogP contribution in [0.1, 0.15) is 27.5 Å². The summed E-state index contributed by atoms with van der Waals surface area (Å²) in [5.41, 5.74) is 1.78. The SMILES string of the molecule is COc1ccc(C2=NN3C(=O)C(NC(=O)c4ccccc4)C(c4ccc(Cl)cc4)N=C3O2)cc1. The summed E-state index contributed by atoms with van der Waals surface area (Å²) in [6.45, 7) is 0. The van der Waals surface area contributed by atoms with Crippen LogP contribution in [0.2, 0.25) is 5.02 Å². The van der Waals surface area contributed by atoms with Gasteiger partial charge in [-0.25, -0.2) is 4.99 Å². The molecule has 34 heavy (non-hydrogen) atoms. The van der Waals surface area contributed by atoms with E-state index in [9.17, 15) is 9.59 Å². The minimum atomic E-state index is -1.000. The highest BCUT2D eigenvalue weighted by molar-refractivity contribution is 6.30. The molecule has 8 nitrogen and oxygen atoms in total. The van der Waals surface area contributed by atoms with Gasteiger partial charge >= 0.3 is 6.02 Å². The summed E-state index contributed by atoms with van der Waals surface area (Å²) in [5.74, 6) is 0.0494. The number of nitrogens with one attached hydrogen (secondary N) is 1. The predicted octanol–water partition coefficient (Wildman–Crippen LogP) is 3.78. The topological polar surface area (TPSA) is 92.6 Å². The predicted molar refractivity (Wildman–Crippen MR) is 127 cm³/mol. The largest absolute Gasteiger partial charge is 0.497 e. The van der Waals surface area contributed by atoms with Crippen molar-refractivity contribution in [3.8, 4) is 5.75 Å². The van der Waals surface area contributed by atoms with Crippen molar-refractivity contribution in [2.45, 2.75) is 12.1 Å². The molecule has 170 valence electrons. The number of carbonyl (C=O) groups excluding carboxylic acids is 2. The minimum absolute atomic E-state index is 0.0426. The molecule has 2 heterocycles. The van der Waals surface area contributed by atoms with Crippen LogP contribution in [0.25, 0.3) is 0 Å². The molecule has 0 fully saturated rings. The van der Waals surface area contributed by atoms with Crippen molar-refractivity contribution in [2.75, 3.05) is 7.11 Å². The number of aliphatic imine (C=N–C) groups is 1. The van der Waals surface area contributed by atoms with Gasteiger partial charge in [0.05, 0.1) is 7.11 Å². The summed E-state index contributed by atoms with van der Waals surface area (Å²) in [7, 11) is 1.58. The second kappa shape index (κ2) is 8.99. The third-order valence-electron chi connectivity index (χ3n) is 5.47. The first-order valence-corrected chi connectivity index (χ1v) is 10.9. The molecule has 0 bridgehead atoms. The van der Waals surface area contributed by atoms with Gasteiger partial charge in [-0.3, -0.25) is 9.59 Å². The van der Waals surface area contributed by atoms with Gasteiger partial charge in [0, 0.05) is 16.1 Å². The standard InChI is InChI=1S/C25H19ClN4O4/c1-33-19-13-9-17(10-14-19)23-29-30-24(32)21(27-22(31)16-5-3-2-4-6-16)20(28-25(30)34-23)15-7-11-18(26)12-8-15/h2-14,20-21H,1H3,(H,27,31). The Labute approximate surface area is 200 Å². The van der Waals surface area contributed by atoms with Crippen molar-refractivity contribution < 1.29 is 19.1 Å². The van der Waals surface area contributed by atoms with Crippen LogP contribution in [0.3, 0.4) is 0 Å². The lowest BCUT2D eigenvalue weighted by molar-refractivity contribution is -0.131. The Morgan fingerprint density at radius 1 is 1.03 bits per heavy atom. The van der Waals surface area contributed by atoms with Crippen molar-refractivity contribution in [3.63, 3.8) is 0 Å². The molecule has 2 aliphatic heterocycles. The number of nitrogens with zero attached hydrogens (tertiary/aromatic N) is 3. The van der Waals surface area contributed by atoms with E-state index in [0.29, 0.717) is 27.5 Å². The van der Waals surface area contributed by atoms with Crippen molar-refractivity contribution in [3.05, 3.63) is 101 Å². The lowest BCUT2D eigenvalue weighted by Crippen LogP contribution is -2.53. The number of rotatable bonds is 5. The zero-order valence-electron chi connectivity index (χ0n) is 18.0. The van der Waals surface area contributed by atoms with Gasteiger partial charge in [0.15, 0.2) is 0 Å². The number of amides is 2. The van der Waals surface area contributed by atoms with Gasteiger partial charge in [-0.2, -0.15) is 0 Å². The molecular formula is C25H19ClN4O4. The average Bonchev–Trinajstić information content (AvgIpc) is 3.31. The van der Waals surface area contributed by atoms with Gasteiger partial charge in [-0.05, 0) is 54.1 Å². The molecule has 2 unspecified atom stereocenters. The van der Waals surface area contributed by atoms with Crippen LogP contribution in [0, 0.1) is 0 Å². The quantitative estimate of drug-likeness (QED) is 0.609. The first-order chi connectivity index (χ1) is 16.5. The van der Waals surface area contributed by atoms with Crippen molar-refractivity contribution in [2.24, 2.45) is 10.1 Å². The minimum Gasteiger partial charge on any atom is -0.497 e. The van der Waals surface area contributed by atoms with Crippen LogP contribution in [0.4, 0.5) is 0 Å². The van der Waals surface area contributed by atoms with Crippen LogP contribution >= 0.6 is 11.6 Å². The Bertz CT molecular complexity index is 1290. The molecule has 3 aromatic carbocycles. The molecule has 2 amide bonds. The first kappa shape index (κ1) is 21.7. The monoisotopic (exact) mass is 474 g/mol. The van der Waals surface area contributed by atoms with E-state index in [1.807, 2.05) is 6.07 Å². The molecule has 0 saturated carbocycles. The molecule has 0 radical (unpaired) electrons. The molecule has 3 aromatic rings. The summed E-state index contributed by atoms with van der Waals surface area (Å²) >= 11 is 6.04. The maximum Gasteiger partial charge on any atom is 0.323 e. The van der Waals surface area contributed by atoms with Crippen LogP contribution in [0.5, 0.6) is 5.75 Å². The maximum atomic E-state index is 13.5. The number of hydrazone groups is 1. The van der Waals surface area contributed by atoms with E-state index in [1.165, 1.54) is 0 Å². The first-order valence-electron chi connectivity index (χ1n) is 10.5. The van der Waals surface area contributed by atoms with Gasteiger partial charge < -0.3 is 14.8 Å². The molecule has 0 saturated heterocycles. The summed E-state index contributed by atoms with van der Waals surface area (Å²) in [5, 5.41) is 8.78. The molecule has 0 aromatic heterocycles. The van der Waals surface area contributed by atoms with Crippen LogP contribution in [0.15, 0.2) is 89.0 Å². The Morgan fingerprint density at radius 3 is 2.41 bits per heavy atom. The highest BCUT2D eigenvalue weighted by atomic mass is 35.5. The fourth-order valence-electron chi connectivity index (χ4n) is 3.70. The molecule has 5 rings (SSSR count). The number of hydrogen-bond donors (Lipinski definition) is 1. The lowest BCUT2D eigenvalue weighted by Gasteiger charge is -2.30. The molecule has 2 aliphatic rings. The van der Waals surface area contributed by atoms with Gasteiger partial charge in [-0.15, -0.1) is 10.1 Å². The highest BCUT2D eigenvalue weighted by Gasteiger charge is 2.45. The van der Waals surface area contributed by atoms with Crippen molar-refractivity contribution in [1.29, 1.82) is 0 Å². The Morgan fingerprint density at radius 2 is 1.74 bits per heavy atom. The normalized spacial score (nSPS) is 19.0. The van der Waals surface area contributed by atoms with E-state index in [2.05, 4.69) is 15.4 Å². The fraction of sp³-hybridized carbons (Fsp3) is 0.120. The Kier molecular flexibility index (Phi) is 5.73. The molecule has 9 heteroatoms. The Balaban J connectivity index is 1.49. The summed E-state index contributed by atoms with van der Waals surface area (Å²) < 4.78 is 11.0. The van der Waals surface area contributed by atoms with Crippen molar-refractivity contribution in [1.82, 2.24) is 10.3 Å². The van der Waals surface area contributed by atoms with Crippen molar-refractivity contribution >= 4 is 35.3 Å². The summed E-state index contributed by atoms with van der Waals surface area (Å²) in [4.78, 5) is 31.0. The van der Waals surface area contributed by atoms with E-state index in [-0.39, 0.29) is 11.9 Å². The molecule has 2 atom stereocenters. The lowest BCUT2D eigenvalue weighted by atomic mass is 9.97. The van der Waals surface area contributed by atoms with Crippen LogP contribution < -0.4 is 10.1 Å². The highest BCUT2D eigenvalue weighted by Crippen LogP contribution is 2.31. The fourth-order valence-corrected chi connectivity index (χ4v) is 3.83. The Hall–Kier alpha value is -4.17. The number of hydrogen-bond acceptors (Lipinski definition) is 6. The van der Waals surface area contributed by atoms with Gasteiger partial charge in [0.1, 0.15) is 17.8 Å². The number of methoxy groups -OCH3 is 1.